The van der Waals surface area contributed by atoms with Crippen LogP contribution in [0.25, 0.3) is 0 Å². The highest BCUT2D eigenvalue weighted by Gasteiger charge is 2.19. The van der Waals surface area contributed by atoms with E-state index < -0.39 is 0 Å². The molecule has 1 unspecified atom stereocenters. The molecule has 2 nitrogen and oxygen atoms in total. The van der Waals surface area contributed by atoms with Gasteiger partial charge in [-0.25, -0.2) is 4.98 Å². The highest BCUT2D eigenvalue weighted by molar-refractivity contribution is 7.09. The van der Waals surface area contributed by atoms with Crippen molar-refractivity contribution >= 4 is 11.3 Å². The summed E-state index contributed by atoms with van der Waals surface area (Å²) in [6.07, 6.45) is 2.30. The van der Waals surface area contributed by atoms with Crippen LogP contribution < -0.4 is 5.73 Å². The average molecular weight is 198 g/mol. The zero-order valence-corrected chi connectivity index (χ0v) is 9.40. The molecule has 0 bridgehead atoms. The largest absolute Gasteiger partial charge is 0.323 e. The van der Waals surface area contributed by atoms with Gasteiger partial charge in [0.25, 0.3) is 0 Å². The van der Waals surface area contributed by atoms with Crippen molar-refractivity contribution in [1.29, 1.82) is 0 Å². The Morgan fingerprint density at radius 2 is 2.08 bits per heavy atom. The Morgan fingerprint density at radius 3 is 2.46 bits per heavy atom. The van der Waals surface area contributed by atoms with E-state index in [9.17, 15) is 0 Å². The first kappa shape index (κ1) is 10.7. The standard InChI is InChI=1S/C10H18N2S/c1-4-8(5-2)9(11)10-7(3)12-6-13-10/h6,8-9H,4-5,11H2,1-3H3. The third-order valence-electron chi connectivity index (χ3n) is 2.64. The molecule has 0 aliphatic rings. The van der Waals surface area contributed by atoms with E-state index in [0.29, 0.717) is 5.92 Å². The Morgan fingerprint density at radius 1 is 1.46 bits per heavy atom. The van der Waals surface area contributed by atoms with Crippen molar-refractivity contribution in [2.24, 2.45) is 11.7 Å². The first-order valence-electron chi connectivity index (χ1n) is 4.86. The molecule has 3 heteroatoms. The molecule has 0 amide bonds. The van der Waals surface area contributed by atoms with Crippen molar-refractivity contribution in [3.63, 3.8) is 0 Å². The number of hydrogen-bond donors (Lipinski definition) is 1. The van der Waals surface area contributed by atoms with Gasteiger partial charge in [0.05, 0.1) is 11.2 Å². The molecule has 0 fully saturated rings. The summed E-state index contributed by atoms with van der Waals surface area (Å²) in [6, 6.07) is 0.183. The molecule has 0 saturated carbocycles. The van der Waals surface area contributed by atoms with Gasteiger partial charge in [0, 0.05) is 10.9 Å². The summed E-state index contributed by atoms with van der Waals surface area (Å²) >= 11 is 1.68. The van der Waals surface area contributed by atoms with E-state index in [1.165, 1.54) is 4.88 Å². The van der Waals surface area contributed by atoms with Crippen molar-refractivity contribution < 1.29 is 0 Å². The Hall–Kier alpha value is -0.410. The summed E-state index contributed by atoms with van der Waals surface area (Å²) < 4.78 is 0. The van der Waals surface area contributed by atoms with Crippen molar-refractivity contribution in [1.82, 2.24) is 4.98 Å². The second-order valence-electron chi connectivity index (χ2n) is 3.40. The smallest absolute Gasteiger partial charge is 0.0798 e. The third kappa shape index (κ3) is 2.29. The van der Waals surface area contributed by atoms with Gasteiger partial charge < -0.3 is 5.73 Å². The normalized spacial score (nSPS) is 13.6. The molecule has 0 aromatic carbocycles. The molecule has 0 saturated heterocycles. The molecule has 74 valence electrons. The SMILES string of the molecule is CCC(CC)C(N)c1scnc1C. The van der Waals surface area contributed by atoms with Gasteiger partial charge in [-0.05, 0) is 12.8 Å². The average Bonchev–Trinajstić information content (AvgIpc) is 2.53. The molecule has 2 N–H and O–H groups in total. The number of nitrogens with zero attached hydrogens (tertiary/aromatic N) is 1. The second kappa shape index (κ2) is 4.72. The van der Waals surface area contributed by atoms with Crippen molar-refractivity contribution in [3.8, 4) is 0 Å². The molecular weight excluding hydrogens is 180 g/mol. The minimum absolute atomic E-state index is 0.183. The minimum atomic E-state index is 0.183. The summed E-state index contributed by atoms with van der Waals surface area (Å²) in [5, 5.41) is 0. The lowest BCUT2D eigenvalue weighted by atomic mass is 9.93. The molecule has 0 aliphatic heterocycles. The van der Waals surface area contributed by atoms with Crippen LogP contribution in [-0.2, 0) is 0 Å². The number of rotatable bonds is 4. The van der Waals surface area contributed by atoms with E-state index in [1.54, 1.807) is 11.3 Å². The molecule has 1 aromatic heterocycles. The van der Waals surface area contributed by atoms with Gasteiger partial charge in [0.2, 0.25) is 0 Å². The quantitative estimate of drug-likeness (QED) is 0.808. The Labute approximate surface area is 84.2 Å². The van der Waals surface area contributed by atoms with E-state index >= 15 is 0 Å². The van der Waals surface area contributed by atoms with Gasteiger partial charge >= 0.3 is 0 Å². The topological polar surface area (TPSA) is 38.9 Å². The Balaban J connectivity index is 2.77. The predicted octanol–water partition coefficient (Wildman–Crippen LogP) is 2.89. The fraction of sp³-hybridized carbons (Fsp3) is 0.700. The van der Waals surface area contributed by atoms with Crippen LogP contribution in [0, 0.1) is 12.8 Å². The zero-order valence-electron chi connectivity index (χ0n) is 8.58. The number of aryl methyl sites for hydroxylation is 1. The maximum absolute atomic E-state index is 6.18. The van der Waals surface area contributed by atoms with Gasteiger partial charge in [-0.15, -0.1) is 11.3 Å². The van der Waals surface area contributed by atoms with Crippen LogP contribution in [0.1, 0.15) is 43.3 Å². The summed E-state index contributed by atoms with van der Waals surface area (Å²) in [5.74, 6) is 0.596. The number of hydrogen-bond acceptors (Lipinski definition) is 3. The van der Waals surface area contributed by atoms with Gasteiger partial charge in [-0.3, -0.25) is 0 Å². The van der Waals surface area contributed by atoms with Crippen LogP contribution in [0.3, 0.4) is 0 Å². The second-order valence-corrected chi connectivity index (χ2v) is 4.29. The summed E-state index contributed by atoms with van der Waals surface area (Å²) in [5.41, 5.74) is 9.16. The van der Waals surface area contributed by atoms with Crippen molar-refractivity contribution in [2.45, 2.75) is 39.7 Å². The minimum Gasteiger partial charge on any atom is -0.323 e. The first-order chi connectivity index (χ1) is 6.20. The fourth-order valence-corrected chi connectivity index (χ4v) is 2.54. The molecule has 1 atom stereocenters. The monoisotopic (exact) mass is 198 g/mol. The van der Waals surface area contributed by atoms with Crippen LogP contribution >= 0.6 is 11.3 Å². The highest BCUT2D eigenvalue weighted by atomic mass is 32.1. The Bertz CT molecular complexity index is 253. The molecule has 13 heavy (non-hydrogen) atoms. The van der Waals surface area contributed by atoms with Crippen molar-refractivity contribution in [3.05, 3.63) is 16.1 Å². The van der Waals surface area contributed by atoms with Gasteiger partial charge in [-0.2, -0.15) is 0 Å². The van der Waals surface area contributed by atoms with E-state index in [4.69, 9.17) is 5.73 Å². The van der Waals surface area contributed by atoms with Gasteiger partial charge in [-0.1, -0.05) is 26.7 Å². The third-order valence-corrected chi connectivity index (χ3v) is 3.67. The Kier molecular flexibility index (Phi) is 3.88. The molecule has 1 aromatic rings. The number of thiazole rings is 1. The van der Waals surface area contributed by atoms with Gasteiger partial charge in [0.1, 0.15) is 0 Å². The predicted molar refractivity (Wildman–Crippen MR) is 57.9 cm³/mol. The summed E-state index contributed by atoms with van der Waals surface area (Å²) in [4.78, 5) is 5.49. The highest BCUT2D eigenvalue weighted by Crippen LogP contribution is 2.29. The number of nitrogens with two attached hydrogens (primary N) is 1. The van der Waals surface area contributed by atoms with E-state index in [-0.39, 0.29) is 6.04 Å². The fourth-order valence-electron chi connectivity index (χ4n) is 1.64. The lowest BCUT2D eigenvalue weighted by molar-refractivity contribution is 0.408. The van der Waals surface area contributed by atoms with Crippen molar-refractivity contribution in [2.75, 3.05) is 0 Å². The lowest BCUT2D eigenvalue weighted by Crippen LogP contribution is -2.20. The van der Waals surface area contributed by atoms with Gasteiger partial charge in [0.15, 0.2) is 0 Å². The molecule has 1 heterocycles. The lowest BCUT2D eigenvalue weighted by Gasteiger charge is -2.20. The molecular formula is C10H18N2S. The van der Waals surface area contributed by atoms with E-state index in [2.05, 4.69) is 18.8 Å². The maximum atomic E-state index is 6.18. The van der Waals surface area contributed by atoms with Crippen LogP contribution in [0.2, 0.25) is 0 Å². The van der Waals surface area contributed by atoms with Crippen LogP contribution in [0.4, 0.5) is 0 Å². The van der Waals surface area contributed by atoms with Crippen LogP contribution in [-0.4, -0.2) is 4.98 Å². The summed E-state index contributed by atoms with van der Waals surface area (Å²) in [7, 11) is 0. The molecule has 1 rings (SSSR count). The molecule has 0 aliphatic carbocycles. The summed E-state index contributed by atoms with van der Waals surface area (Å²) in [6.45, 7) is 6.43. The molecule has 0 spiro atoms. The number of aromatic nitrogens is 1. The molecule has 0 radical (unpaired) electrons. The van der Waals surface area contributed by atoms with E-state index in [1.807, 2.05) is 12.4 Å². The zero-order chi connectivity index (χ0) is 9.84. The maximum Gasteiger partial charge on any atom is 0.0798 e. The van der Waals surface area contributed by atoms with Crippen LogP contribution in [0.5, 0.6) is 0 Å². The van der Waals surface area contributed by atoms with E-state index in [0.717, 1.165) is 18.5 Å². The first-order valence-corrected chi connectivity index (χ1v) is 5.74. The van der Waals surface area contributed by atoms with Crippen LogP contribution in [0.15, 0.2) is 5.51 Å².